The van der Waals surface area contributed by atoms with E-state index in [4.69, 9.17) is 7.85 Å². The number of benzene rings is 1. The average molecular weight is 128 g/mol. The molecule has 0 aliphatic heterocycles. The Morgan fingerprint density at radius 3 is 2.20 bits per heavy atom. The summed E-state index contributed by atoms with van der Waals surface area (Å²) in [5, 5.41) is 0. The van der Waals surface area contributed by atoms with Crippen molar-refractivity contribution < 1.29 is 0 Å². The van der Waals surface area contributed by atoms with Crippen molar-refractivity contribution in [2.24, 2.45) is 0 Å². The van der Waals surface area contributed by atoms with Crippen molar-refractivity contribution in [1.29, 1.82) is 0 Å². The standard InChI is InChI=1S/C9H9B/c1-7(2)8-3-5-9(10)6-4-8/h3-6H,1H2,2H3. The van der Waals surface area contributed by atoms with E-state index in [-0.39, 0.29) is 0 Å². The quantitative estimate of drug-likeness (QED) is 0.503. The van der Waals surface area contributed by atoms with Gasteiger partial charge in [-0.25, -0.2) is 0 Å². The maximum absolute atomic E-state index is 5.50. The van der Waals surface area contributed by atoms with Crippen molar-refractivity contribution in [1.82, 2.24) is 0 Å². The second-order valence-electron chi connectivity index (χ2n) is 2.40. The van der Waals surface area contributed by atoms with E-state index in [1.54, 1.807) is 0 Å². The average Bonchev–Trinajstić information content (AvgIpc) is 1.88. The smallest absolute Gasteiger partial charge is 0.0966 e. The molecule has 1 rings (SSSR count). The van der Waals surface area contributed by atoms with Gasteiger partial charge in [0, 0.05) is 0 Å². The normalized spacial score (nSPS) is 9.30. The molecule has 0 bridgehead atoms. The summed E-state index contributed by atoms with van der Waals surface area (Å²) >= 11 is 0. The maximum atomic E-state index is 5.50. The van der Waals surface area contributed by atoms with E-state index in [0.717, 1.165) is 16.6 Å². The first-order chi connectivity index (χ1) is 4.70. The van der Waals surface area contributed by atoms with Crippen LogP contribution in [0, 0.1) is 0 Å². The summed E-state index contributed by atoms with van der Waals surface area (Å²) in [5.74, 6) is 0. The summed E-state index contributed by atoms with van der Waals surface area (Å²) in [6, 6.07) is 7.70. The van der Waals surface area contributed by atoms with Crippen LogP contribution in [-0.2, 0) is 0 Å². The van der Waals surface area contributed by atoms with E-state index in [0.29, 0.717) is 0 Å². The van der Waals surface area contributed by atoms with E-state index in [1.807, 2.05) is 31.2 Å². The first kappa shape index (κ1) is 7.14. The number of allylic oxidation sites excluding steroid dienone is 1. The zero-order chi connectivity index (χ0) is 7.56. The molecule has 10 heavy (non-hydrogen) atoms. The monoisotopic (exact) mass is 128 g/mol. The molecule has 0 saturated heterocycles. The van der Waals surface area contributed by atoms with E-state index in [2.05, 4.69) is 6.58 Å². The molecule has 0 aromatic heterocycles. The highest BCUT2D eigenvalue weighted by Crippen LogP contribution is 2.07. The van der Waals surface area contributed by atoms with Gasteiger partial charge in [0.05, 0.1) is 0 Å². The second-order valence-corrected chi connectivity index (χ2v) is 2.40. The van der Waals surface area contributed by atoms with Crippen LogP contribution in [0.5, 0.6) is 0 Å². The van der Waals surface area contributed by atoms with Crippen molar-refractivity contribution in [3.8, 4) is 0 Å². The summed E-state index contributed by atoms with van der Waals surface area (Å²) in [6.07, 6.45) is 0. The topological polar surface area (TPSA) is 0 Å². The lowest BCUT2D eigenvalue weighted by Crippen LogP contribution is -1.99. The van der Waals surface area contributed by atoms with Gasteiger partial charge in [-0.1, -0.05) is 41.9 Å². The Labute approximate surface area is 63.0 Å². The van der Waals surface area contributed by atoms with Gasteiger partial charge in [0.2, 0.25) is 0 Å². The minimum Gasteiger partial charge on any atom is -0.0966 e. The SMILES string of the molecule is [B]c1ccc(C(=C)C)cc1. The van der Waals surface area contributed by atoms with Crippen LogP contribution >= 0.6 is 0 Å². The fourth-order valence-corrected chi connectivity index (χ4v) is 0.768. The molecule has 1 aromatic rings. The van der Waals surface area contributed by atoms with Crippen LogP contribution in [0.2, 0.25) is 0 Å². The number of hydrogen-bond donors (Lipinski definition) is 0. The molecular formula is C9H9B. The maximum Gasteiger partial charge on any atom is 0.113 e. The van der Waals surface area contributed by atoms with Crippen molar-refractivity contribution in [2.45, 2.75) is 6.92 Å². The molecule has 0 heterocycles. The Bertz CT molecular complexity index is 233. The summed E-state index contributed by atoms with van der Waals surface area (Å²) in [5.41, 5.74) is 3.01. The van der Waals surface area contributed by atoms with Gasteiger partial charge >= 0.3 is 0 Å². The molecule has 0 N–H and O–H groups in total. The molecule has 0 saturated carbocycles. The zero-order valence-corrected chi connectivity index (χ0v) is 6.09. The highest BCUT2D eigenvalue weighted by atomic mass is 13.9. The van der Waals surface area contributed by atoms with Crippen LogP contribution in [0.15, 0.2) is 30.8 Å². The lowest BCUT2D eigenvalue weighted by Gasteiger charge is -1.98. The van der Waals surface area contributed by atoms with E-state index in [1.165, 1.54) is 0 Å². The Morgan fingerprint density at radius 1 is 1.30 bits per heavy atom. The lowest BCUT2D eigenvalue weighted by atomic mass is 9.94. The highest BCUT2D eigenvalue weighted by Gasteiger charge is 1.89. The fourth-order valence-electron chi connectivity index (χ4n) is 0.768. The van der Waals surface area contributed by atoms with Crippen LogP contribution in [-0.4, -0.2) is 7.85 Å². The summed E-state index contributed by atoms with van der Waals surface area (Å²) in [4.78, 5) is 0. The first-order valence-corrected chi connectivity index (χ1v) is 3.21. The van der Waals surface area contributed by atoms with Crippen LogP contribution in [0.1, 0.15) is 12.5 Å². The van der Waals surface area contributed by atoms with E-state index in [9.17, 15) is 0 Å². The lowest BCUT2D eigenvalue weighted by molar-refractivity contribution is 1.61. The molecule has 0 spiro atoms. The van der Waals surface area contributed by atoms with Gasteiger partial charge in [-0.3, -0.25) is 0 Å². The Morgan fingerprint density at radius 2 is 1.80 bits per heavy atom. The zero-order valence-electron chi connectivity index (χ0n) is 6.09. The van der Waals surface area contributed by atoms with Crippen LogP contribution in [0.25, 0.3) is 5.57 Å². The molecule has 1 aromatic carbocycles. The third-order valence-electron chi connectivity index (χ3n) is 1.40. The minimum atomic E-state index is 0.796. The first-order valence-electron chi connectivity index (χ1n) is 3.21. The minimum absolute atomic E-state index is 0.796. The molecule has 1 heteroatoms. The Hall–Kier alpha value is -0.975. The summed E-state index contributed by atoms with van der Waals surface area (Å²) in [7, 11) is 5.50. The van der Waals surface area contributed by atoms with Gasteiger partial charge in [0.25, 0.3) is 0 Å². The summed E-state index contributed by atoms with van der Waals surface area (Å²) < 4.78 is 0. The van der Waals surface area contributed by atoms with Crippen molar-refractivity contribution in [3.05, 3.63) is 36.4 Å². The van der Waals surface area contributed by atoms with E-state index >= 15 is 0 Å². The van der Waals surface area contributed by atoms with Crippen LogP contribution in [0.4, 0.5) is 0 Å². The Kier molecular flexibility index (Phi) is 1.95. The van der Waals surface area contributed by atoms with Crippen LogP contribution in [0.3, 0.4) is 0 Å². The molecule has 0 amide bonds. The van der Waals surface area contributed by atoms with Gasteiger partial charge in [-0.15, -0.1) is 0 Å². The van der Waals surface area contributed by atoms with E-state index < -0.39 is 0 Å². The molecule has 0 fully saturated rings. The molecule has 0 aliphatic carbocycles. The molecule has 0 nitrogen and oxygen atoms in total. The molecular weight excluding hydrogens is 119 g/mol. The highest BCUT2D eigenvalue weighted by molar-refractivity contribution is 6.32. The van der Waals surface area contributed by atoms with Gasteiger partial charge < -0.3 is 0 Å². The molecule has 0 unspecified atom stereocenters. The molecule has 0 aliphatic rings. The van der Waals surface area contributed by atoms with Gasteiger partial charge in [-0.05, 0) is 12.5 Å². The second kappa shape index (κ2) is 2.74. The van der Waals surface area contributed by atoms with Gasteiger partial charge in [-0.2, -0.15) is 0 Å². The van der Waals surface area contributed by atoms with Crippen molar-refractivity contribution >= 4 is 18.9 Å². The summed E-state index contributed by atoms with van der Waals surface area (Å²) in [6.45, 7) is 5.79. The number of rotatable bonds is 1. The van der Waals surface area contributed by atoms with Crippen LogP contribution < -0.4 is 5.46 Å². The third kappa shape index (κ3) is 1.50. The molecule has 0 atom stereocenters. The van der Waals surface area contributed by atoms with Crippen molar-refractivity contribution in [2.75, 3.05) is 0 Å². The third-order valence-corrected chi connectivity index (χ3v) is 1.40. The predicted octanol–water partition coefficient (Wildman–Crippen LogP) is 1.51. The molecule has 48 valence electrons. The fraction of sp³-hybridized carbons (Fsp3) is 0.111. The van der Waals surface area contributed by atoms with Gasteiger partial charge in [0.1, 0.15) is 7.85 Å². The Balaban J connectivity index is 3.00. The predicted molar refractivity (Wildman–Crippen MR) is 46.5 cm³/mol. The van der Waals surface area contributed by atoms with Gasteiger partial charge in [0.15, 0.2) is 0 Å². The molecule has 2 radical (unpaired) electrons. The number of hydrogen-bond acceptors (Lipinski definition) is 0. The largest absolute Gasteiger partial charge is 0.113 e. The van der Waals surface area contributed by atoms with Crippen molar-refractivity contribution in [3.63, 3.8) is 0 Å².